The molecule has 3 rings (SSSR count). The SMILES string of the molecule is Fc1ccc2c(c1)C(NCC1CCC1)CCS2. The van der Waals surface area contributed by atoms with Crippen LogP contribution in [0.4, 0.5) is 4.39 Å². The monoisotopic (exact) mass is 251 g/mol. The molecule has 1 aliphatic heterocycles. The van der Waals surface area contributed by atoms with Crippen molar-refractivity contribution in [1.29, 1.82) is 0 Å². The molecule has 1 fully saturated rings. The Labute approximate surface area is 106 Å². The molecule has 1 aliphatic carbocycles. The second kappa shape index (κ2) is 4.99. The minimum Gasteiger partial charge on any atom is -0.310 e. The molecular formula is C14H18FNS. The minimum absolute atomic E-state index is 0.110. The van der Waals surface area contributed by atoms with Gasteiger partial charge < -0.3 is 5.32 Å². The van der Waals surface area contributed by atoms with Gasteiger partial charge in [-0.25, -0.2) is 4.39 Å². The molecule has 1 N–H and O–H groups in total. The van der Waals surface area contributed by atoms with Crippen molar-refractivity contribution in [3.63, 3.8) is 0 Å². The van der Waals surface area contributed by atoms with Gasteiger partial charge in [0.15, 0.2) is 0 Å². The van der Waals surface area contributed by atoms with E-state index in [0.717, 1.165) is 24.6 Å². The molecule has 1 aromatic rings. The minimum atomic E-state index is -0.110. The van der Waals surface area contributed by atoms with Gasteiger partial charge in [0, 0.05) is 10.9 Å². The van der Waals surface area contributed by atoms with Gasteiger partial charge in [0.1, 0.15) is 5.82 Å². The molecule has 0 spiro atoms. The van der Waals surface area contributed by atoms with Crippen molar-refractivity contribution in [2.45, 2.75) is 36.6 Å². The van der Waals surface area contributed by atoms with Crippen LogP contribution in [-0.2, 0) is 0 Å². The molecule has 2 aliphatic rings. The average Bonchev–Trinajstić information content (AvgIpc) is 2.27. The summed E-state index contributed by atoms with van der Waals surface area (Å²) in [7, 11) is 0. The number of rotatable bonds is 3. The number of hydrogen-bond donors (Lipinski definition) is 1. The van der Waals surface area contributed by atoms with E-state index in [4.69, 9.17) is 0 Å². The van der Waals surface area contributed by atoms with Crippen molar-refractivity contribution in [2.24, 2.45) is 5.92 Å². The van der Waals surface area contributed by atoms with Crippen molar-refractivity contribution in [3.8, 4) is 0 Å². The quantitative estimate of drug-likeness (QED) is 0.878. The van der Waals surface area contributed by atoms with Crippen molar-refractivity contribution >= 4 is 11.8 Å². The molecule has 0 aromatic heterocycles. The molecule has 3 heteroatoms. The average molecular weight is 251 g/mol. The zero-order valence-corrected chi connectivity index (χ0v) is 10.7. The van der Waals surface area contributed by atoms with E-state index in [1.807, 2.05) is 17.8 Å². The number of hydrogen-bond acceptors (Lipinski definition) is 2. The summed E-state index contributed by atoms with van der Waals surface area (Å²) in [5, 5.41) is 3.63. The van der Waals surface area contributed by atoms with Gasteiger partial charge in [-0.2, -0.15) is 0 Å². The molecule has 1 atom stereocenters. The first-order valence-corrected chi connectivity index (χ1v) is 7.47. The molecule has 0 bridgehead atoms. The number of fused-ring (bicyclic) bond motifs is 1. The van der Waals surface area contributed by atoms with Gasteiger partial charge in [0.25, 0.3) is 0 Å². The maximum absolute atomic E-state index is 13.3. The standard InChI is InChI=1S/C14H18FNS/c15-11-4-5-14-12(8-11)13(6-7-17-14)16-9-10-2-1-3-10/h4-5,8,10,13,16H,1-3,6-7,9H2. The Kier molecular flexibility index (Phi) is 3.39. The van der Waals surface area contributed by atoms with E-state index in [9.17, 15) is 4.39 Å². The molecule has 1 nitrogen and oxygen atoms in total. The Balaban J connectivity index is 1.71. The van der Waals surface area contributed by atoms with Gasteiger partial charge in [-0.15, -0.1) is 11.8 Å². The van der Waals surface area contributed by atoms with Gasteiger partial charge >= 0.3 is 0 Å². The Morgan fingerprint density at radius 2 is 2.18 bits per heavy atom. The first-order valence-electron chi connectivity index (χ1n) is 6.48. The first-order chi connectivity index (χ1) is 8.33. The Hall–Kier alpha value is -0.540. The summed E-state index contributed by atoms with van der Waals surface area (Å²) in [5.41, 5.74) is 1.17. The van der Waals surface area contributed by atoms with E-state index in [0.29, 0.717) is 6.04 Å². The highest BCUT2D eigenvalue weighted by atomic mass is 32.2. The van der Waals surface area contributed by atoms with E-state index >= 15 is 0 Å². The number of nitrogens with one attached hydrogen (secondary N) is 1. The summed E-state index contributed by atoms with van der Waals surface area (Å²) in [6.45, 7) is 1.10. The largest absolute Gasteiger partial charge is 0.310 e. The Bertz CT molecular complexity index is 403. The highest BCUT2D eigenvalue weighted by Crippen LogP contribution is 2.37. The third-order valence-corrected chi connectivity index (χ3v) is 5.01. The van der Waals surface area contributed by atoms with Gasteiger partial charge in [0.2, 0.25) is 0 Å². The normalized spacial score (nSPS) is 24.2. The Morgan fingerprint density at radius 1 is 1.29 bits per heavy atom. The van der Waals surface area contributed by atoms with E-state index < -0.39 is 0 Å². The predicted octanol–water partition coefficient (Wildman–Crippen LogP) is 3.75. The maximum atomic E-state index is 13.3. The third-order valence-electron chi connectivity index (χ3n) is 3.89. The van der Waals surface area contributed by atoms with Crippen LogP contribution in [0.2, 0.25) is 0 Å². The summed E-state index contributed by atoms with van der Waals surface area (Å²) < 4.78 is 13.3. The maximum Gasteiger partial charge on any atom is 0.123 e. The van der Waals surface area contributed by atoms with Gasteiger partial charge in [0.05, 0.1) is 0 Å². The zero-order valence-electron chi connectivity index (χ0n) is 9.92. The molecule has 17 heavy (non-hydrogen) atoms. The van der Waals surface area contributed by atoms with Crippen LogP contribution in [0, 0.1) is 11.7 Å². The number of halogens is 1. The number of thioether (sulfide) groups is 1. The molecule has 1 heterocycles. The van der Waals surface area contributed by atoms with Crippen LogP contribution in [0.5, 0.6) is 0 Å². The van der Waals surface area contributed by atoms with Crippen LogP contribution < -0.4 is 5.32 Å². The van der Waals surface area contributed by atoms with Gasteiger partial charge in [-0.05, 0) is 61.2 Å². The molecule has 92 valence electrons. The van der Waals surface area contributed by atoms with Crippen LogP contribution in [0.3, 0.4) is 0 Å². The fraction of sp³-hybridized carbons (Fsp3) is 0.571. The molecule has 0 radical (unpaired) electrons. The van der Waals surface area contributed by atoms with E-state index in [2.05, 4.69) is 5.32 Å². The molecule has 1 saturated carbocycles. The molecule has 0 amide bonds. The van der Waals surface area contributed by atoms with Crippen molar-refractivity contribution in [1.82, 2.24) is 5.32 Å². The van der Waals surface area contributed by atoms with Gasteiger partial charge in [-0.1, -0.05) is 6.42 Å². The zero-order chi connectivity index (χ0) is 11.7. The second-order valence-corrected chi connectivity index (χ2v) is 6.21. The number of benzene rings is 1. The van der Waals surface area contributed by atoms with Crippen molar-refractivity contribution < 1.29 is 4.39 Å². The summed E-state index contributed by atoms with van der Waals surface area (Å²) in [6, 6.07) is 5.56. The lowest BCUT2D eigenvalue weighted by molar-refractivity contribution is 0.287. The van der Waals surface area contributed by atoms with E-state index in [-0.39, 0.29) is 5.82 Å². The van der Waals surface area contributed by atoms with E-state index in [1.165, 1.54) is 29.7 Å². The Morgan fingerprint density at radius 3 is 2.94 bits per heavy atom. The van der Waals surface area contributed by atoms with Gasteiger partial charge in [-0.3, -0.25) is 0 Å². The van der Waals surface area contributed by atoms with Crippen LogP contribution >= 0.6 is 11.8 Å². The molecule has 0 saturated heterocycles. The predicted molar refractivity (Wildman–Crippen MR) is 69.8 cm³/mol. The lowest BCUT2D eigenvalue weighted by Gasteiger charge is -2.31. The summed E-state index contributed by atoms with van der Waals surface area (Å²) in [5.74, 6) is 1.89. The van der Waals surface area contributed by atoms with Crippen LogP contribution in [0.25, 0.3) is 0 Å². The first kappa shape index (κ1) is 11.5. The fourth-order valence-electron chi connectivity index (χ4n) is 2.58. The van der Waals surface area contributed by atoms with Crippen molar-refractivity contribution in [3.05, 3.63) is 29.6 Å². The van der Waals surface area contributed by atoms with Crippen LogP contribution in [-0.4, -0.2) is 12.3 Å². The fourth-order valence-corrected chi connectivity index (χ4v) is 3.69. The van der Waals surface area contributed by atoms with Crippen molar-refractivity contribution in [2.75, 3.05) is 12.3 Å². The van der Waals surface area contributed by atoms with Crippen LogP contribution in [0.1, 0.15) is 37.3 Å². The lowest BCUT2D eigenvalue weighted by Crippen LogP contribution is -2.32. The molecular weight excluding hydrogens is 233 g/mol. The highest BCUT2D eigenvalue weighted by Gasteiger charge is 2.23. The summed E-state index contributed by atoms with van der Waals surface area (Å²) >= 11 is 1.85. The highest BCUT2D eigenvalue weighted by molar-refractivity contribution is 7.99. The molecule has 1 unspecified atom stereocenters. The summed E-state index contributed by atoms with van der Waals surface area (Å²) in [4.78, 5) is 1.25. The smallest absolute Gasteiger partial charge is 0.123 e. The van der Waals surface area contributed by atoms with Crippen LogP contribution in [0.15, 0.2) is 23.1 Å². The summed E-state index contributed by atoms with van der Waals surface area (Å²) in [6.07, 6.45) is 5.24. The second-order valence-electron chi connectivity index (χ2n) is 5.08. The van der Waals surface area contributed by atoms with E-state index in [1.54, 1.807) is 12.1 Å². The lowest BCUT2D eigenvalue weighted by atomic mass is 9.85. The topological polar surface area (TPSA) is 12.0 Å². The molecule has 1 aromatic carbocycles. The third kappa shape index (κ3) is 2.50.